The number of hydrogen-bond donors (Lipinski definition) is 0. The molecule has 0 spiro atoms. The predicted octanol–water partition coefficient (Wildman–Crippen LogP) is 3.17. The number of ether oxygens (including phenoxy) is 2. The van der Waals surface area contributed by atoms with Crippen molar-refractivity contribution in [2.75, 3.05) is 13.7 Å². The minimum Gasteiger partial charge on any atom is -0.494 e. The van der Waals surface area contributed by atoms with Gasteiger partial charge in [-0.2, -0.15) is 0 Å². The fraction of sp³-hybridized carbons (Fsp3) is 0.364. The Morgan fingerprint density at radius 1 is 1.60 bits per heavy atom. The average molecular weight is 272 g/mol. The molecular weight excluding hydrogens is 258 g/mol. The summed E-state index contributed by atoms with van der Waals surface area (Å²) in [6, 6.07) is 0. The molecule has 1 aromatic rings. The first kappa shape index (κ1) is 12.0. The number of rotatable bonds is 4. The van der Waals surface area contributed by atoms with E-state index in [1.165, 1.54) is 0 Å². The van der Waals surface area contributed by atoms with Crippen molar-refractivity contribution >= 4 is 21.7 Å². The van der Waals surface area contributed by atoms with Gasteiger partial charge in [-0.25, -0.2) is 4.98 Å². The van der Waals surface area contributed by atoms with Crippen LogP contribution in [-0.4, -0.2) is 18.7 Å². The maximum atomic E-state index is 5.38. The Labute approximate surface area is 98.2 Å². The Bertz CT molecular complexity index is 377. The third-order valence-electron chi connectivity index (χ3n) is 2.02. The molecule has 0 bridgehead atoms. The van der Waals surface area contributed by atoms with Crippen LogP contribution in [-0.2, 0) is 4.74 Å². The fourth-order valence-electron chi connectivity index (χ4n) is 1.36. The number of halogens is 1. The van der Waals surface area contributed by atoms with Crippen molar-refractivity contribution in [3.05, 3.63) is 28.4 Å². The van der Waals surface area contributed by atoms with Crippen molar-refractivity contribution in [3.63, 3.8) is 0 Å². The molecular formula is C11H14BrNO2. The van der Waals surface area contributed by atoms with Gasteiger partial charge < -0.3 is 9.47 Å². The molecule has 3 nitrogen and oxygen atoms in total. The zero-order chi connectivity index (χ0) is 11.4. The van der Waals surface area contributed by atoms with Crippen LogP contribution in [0.3, 0.4) is 0 Å². The summed E-state index contributed by atoms with van der Waals surface area (Å²) in [5, 5.41) is 0. The summed E-state index contributed by atoms with van der Waals surface area (Å²) in [5.41, 5.74) is 1.83. The van der Waals surface area contributed by atoms with Gasteiger partial charge in [0.1, 0.15) is 5.76 Å². The summed E-state index contributed by atoms with van der Waals surface area (Å²) in [6.45, 7) is 8.32. The molecule has 1 rings (SSSR count). The SMILES string of the molecule is C=C(OCC)c1c(Br)cnc(OC)c1C. The van der Waals surface area contributed by atoms with E-state index in [0.717, 1.165) is 15.6 Å². The van der Waals surface area contributed by atoms with E-state index in [4.69, 9.17) is 9.47 Å². The summed E-state index contributed by atoms with van der Waals surface area (Å²) >= 11 is 3.42. The van der Waals surface area contributed by atoms with E-state index in [1.54, 1.807) is 13.3 Å². The van der Waals surface area contributed by atoms with E-state index in [-0.39, 0.29) is 0 Å². The van der Waals surface area contributed by atoms with Crippen LogP contribution in [0.4, 0.5) is 0 Å². The van der Waals surface area contributed by atoms with Gasteiger partial charge in [0.05, 0.1) is 13.7 Å². The molecule has 0 saturated carbocycles. The molecule has 0 N–H and O–H groups in total. The molecule has 0 radical (unpaired) electrons. The molecule has 82 valence electrons. The lowest BCUT2D eigenvalue weighted by molar-refractivity contribution is 0.298. The van der Waals surface area contributed by atoms with Crippen LogP contribution < -0.4 is 4.74 Å². The van der Waals surface area contributed by atoms with E-state index >= 15 is 0 Å². The molecule has 0 aliphatic carbocycles. The van der Waals surface area contributed by atoms with Gasteiger partial charge in [-0.1, -0.05) is 6.58 Å². The number of pyridine rings is 1. The highest BCUT2D eigenvalue weighted by molar-refractivity contribution is 9.10. The standard InChI is InChI=1S/C11H14BrNO2/c1-5-15-8(3)10-7(2)11(14-4)13-6-9(10)12/h6H,3,5H2,1-2,4H3. The van der Waals surface area contributed by atoms with Crippen molar-refractivity contribution in [3.8, 4) is 5.88 Å². The lowest BCUT2D eigenvalue weighted by Crippen LogP contribution is -1.99. The molecule has 0 fully saturated rings. The Kier molecular flexibility index (Phi) is 4.15. The van der Waals surface area contributed by atoms with E-state index in [2.05, 4.69) is 27.5 Å². The van der Waals surface area contributed by atoms with E-state index in [1.807, 2.05) is 13.8 Å². The fourth-order valence-corrected chi connectivity index (χ4v) is 1.98. The van der Waals surface area contributed by atoms with Crippen LogP contribution in [0.2, 0.25) is 0 Å². The van der Waals surface area contributed by atoms with Crippen molar-refractivity contribution in [1.29, 1.82) is 0 Å². The maximum Gasteiger partial charge on any atom is 0.216 e. The van der Waals surface area contributed by atoms with Gasteiger partial charge >= 0.3 is 0 Å². The van der Waals surface area contributed by atoms with E-state index in [9.17, 15) is 0 Å². The van der Waals surface area contributed by atoms with Gasteiger partial charge in [0, 0.05) is 21.8 Å². The maximum absolute atomic E-state index is 5.38. The van der Waals surface area contributed by atoms with Crippen LogP contribution in [0.5, 0.6) is 5.88 Å². The minimum absolute atomic E-state index is 0.592. The summed E-state index contributed by atoms with van der Waals surface area (Å²) < 4.78 is 11.4. The zero-order valence-corrected chi connectivity index (χ0v) is 10.7. The molecule has 0 unspecified atom stereocenters. The first-order valence-electron chi connectivity index (χ1n) is 4.63. The van der Waals surface area contributed by atoms with Gasteiger partial charge in [-0.15, -0.1) is 0 Å². The van der Waals surface area contributed by atoms with Crippen LogP contribution in [0.15, 0.2) is 17.2 Å². The lowest BCUT2D eigenvalue weighted by Gasteiger charge is -2.13. The highest BCUT2D eigenvalue weighted by atomic mass is 79.9. The van der Waals surface area contributed by atoms with Gasteiger partial charge in [0.15, 0.2) is 0 Å². The molecule has 0 aliphatic rings. The highest BCUT2D eigenvalue weighted by Gasteiger charge is 2.13. The average Bonchev–Trinajstić information content (AvgIpc) is 2.18. The van der Waals surface area contributed by atoms with Crippen molar-refractivity contribution < 1.29 is 9.47 Å². The molecule has 0 saturated heterocycles. The van der Waals surface area contributed by atoms with Crippen LogP contribution in [0.1, 0.15) is 18.1 Å². The quantitative estimate of drug-likeness (QED) is 0.789. The molecule has 1 aromatic heterocycles. The normalized spacial score (nSPS) is 9.87. The molecule has 4 heteroatoms. The summed E-state index contributed by atoms with van der Waals surface area (Å²) in [4.78, 5) is 4.13. The monoisotopic (exact) mass is 271 g/mol. The first-order chi connectivity index (χ1) is 7.11. The first-order valence-corrected chi connectivity index (χ1v) is 5.42. The van der Waals surface area contributed by atoms with Crippen LogP contribution in [0.25, 0.3) is 5.76 Å². The third kappa shape index (κ3) is 2.50. The largest absolute Gasteiger partial charge is 0.494 e. The number of nitrogens with zero attached hydrogens (tertiary/aromatic N) is 1. The second-order valence-corrected chi connectivity index (χ2v) is 3.83. The molecule has 0 atom stereocenters. The second-order valence-electron chi connectivity index (χ2n) is 2.97. The van der Waals surface area contributed by atoms with E-state index < -0.39 is 0 Å². The molecule has 0 aliphatic heterocycles. The smallest absolute Gasteiger partial charge is 0.216 e. The Morgan fingerprint density at radius 2 is 2.27 bits per heavy atom. The van der Waals surface area contributed by atoms with Gasteiger partial charge in [0.2, 0.25) is 5.88 Å². The molecule has 0 amide bonds. The second kappa shape index (κ2) is 5.16. The van der Waals surface area contributed by atoms with E-state index in [0.29, 0.717) is 18.2 Å². The number of aromatic nitrogens is 1. The molecule has 0 aromatic carbocycles. The zero-order valence-electron chi connectivity index (χ0n) is 9.13. The Balaban J connectivity index is 3.20. The van der Waals surface area contributed by atoms with Crippen molar-refractivity contribution in [2.24, 2.45) is 0 Å². The van der Waals surface area contributed by atoms with Crippen molar-refractivity contribution in [1.82, 2.24) is 4.98 Å². The van der Waals surface area contributed by atoms with Crippen molar-refractivity contribution in [2.45, 2.75) is 13.8 Å². The minimum atomic E-state index is 0.592. The van der Waals surface area contributed by atoms with Gasteiger partial charge in [0.25, 0.3) is 0 Å². The van der Waals surface area contributed by atoms with Gasteiger partial charge in [-0.3, -0.25) is 0 Å². The van der Waals surface area contributed by atoms with Gasteiger partial charge in [-0.05, 0) is 29.8 Å². The summed E-state index contributed by atoms with van der Waals surface area (Å²) in [5.74, 6) is 1.22. The predicted molar refractivity (Wildman–Crippen MR) is 63.9 cm³/mol. The van der Waals surface area contributed by atoms with Crippen LogP contribution in [0, 0.1) is 6.92 Å². The highest BCUT2D eigenvalue weighted by Crippen LogP contribution is 2.31. The summed E-state index contributed by atoms with van der Waals surface area (Å²) in [7, 11) is 1.59. The number of methoxy groups -OCH3 is 1. The lowest BCUT2D eigenvalue weighted by atomic mass is 10.1. The van der Waals surface area contributed by atoms with Crippen LogP contribution >= 0.6 is 15.9 Å². The number of hydrogen-bond acceptors (Lipinski definition) is 3. The topological polar surface area (TPSA) is 31.4 Å². The Hall–Kier alpha value is -1.03. The Morgan fingerprint density at radius 3 is 2.80 bits per heavy atom. The third-order valence-corrected chi connectivity index (χ3v) is 2.62. The summed E-state index contributed by atoms with van der Waals surface area (Å²) in [6.07, 6.45) is 1.69. The molecule has 1 heterocycles. The molecule has 15 heavy (non-hydrogen) atoms.